The maximum Gasteiger partial charge on any atom is 0.236 e. The van der Waals surface area contributed by atoms with Crippen LogP contribution in [0.25, 0.3) is 0 Å². The molecule has 64 valence electrons. The van der Waals surface area contributed by atoms with E-state index in [1.54, 1.807) is 0 Å². The Bertz CT molecular complexity index is 158. The summed E-state index contributed by atoms with van der Waals surface area (Å²) in [5.74, 6) is 0.916. The van der Waals surface area contributed by atoms with E-state index in [0.717, 1.165) is 19.5 Å². The van der Waals surface area contributed by atoms with Crippen molar-refractivity contribution in [2.45, 2.75) is 25.1 Å². The van der Waals surface area contributed by atoms with Gasteiger partial charge in [-0.1, -0.05) is 22.9 Å². The van der Waals surface area contributed by atoms with Crippen LogP contribution in [-0.2, 0) is 4.79 Å². The summed E-state index contributed by atoms with van der Waals surface area (Å²) >= 11 is 3.28. The topological polar surface area (TPSA) is 20.3 Å². The lowest BCUT2D eigenvalue weighted by molar-refractivity contribution is -0.129. The maximum absolute atomic E-state index is 11.4. The van der Waals surface area contributed by atoms with E-state index >= 15 is 0 Å². The van der Waals surface area contributed by atoms with Gasteiger partial charge in [0.05, 0.1) is 4.83 Å². The first kappa shape index (κ1) is 9.04. The van der Waals surface area contributed by atoms with Gasteiger partial charge in [-0.15, -0.1) is 0 Å². The Labute approximate surface area is 76.1 Å². The minimum absolute atomic E-state index is 0.0206. The van der Waals surface area contributed by atoms with E-state index in [2.05, 4.69) is 22.9 Å². The standard InChI is InChI=1S/C8H14BrNO/c1-6-3-4-10(5-6)8(11)7(2)9/h6-7H,3-5H2,1-2H3. The zero-order chi connectivity index (χ0) is 8.43. The third-order valence-electron chi connectivity index (χ3n) is 2.08. The molecule has 1 heterocycles. The number of carbonyl (C=O) groups excluding carboxylic acids is 1. The van der Waals surface area contributed by atoms with Crippen LogP contribution in [0.15, 0.2) is 0 Å². The van der Waals surface area contributed by atoms with Gasteiger partial charge >= 0.3 is 0 Å². The van der Waals surface area contributed by atoms with Crippen LogP contribution >= 0.6 is 15.9 Å². The molecular formula is C8H14BrNO. The normalized spacial score (nSPS) is 27.2. The predicted octanol–water partition coefficient (Wildman–Crippen LogP) is 1.64. The molecule has 1 amide bonds. The molecule has 0 aromatic rings. The van der Waals surface area contributed by atoms with Gasteiger partial charge in [0.15, 0.2) is 0 Å². The van der Waals surface area contributed by atoms with E-state index in [-0.39, 0.29) is 10.7 Å². The van der Waals surface area contributed by atoms with Crippen molar-refractivity contribution >= 4 is 21.8 Å². The van der Waals surface area contributed by atoms with Crippen LogP contribution in [0.5, 0.6) is 0 Å². The minimum atomic E-state index is -0.0206. The summed E-state index contributed by atoms with van der Waals surface area (Å²) in [6.45, 7) is 5.95. The number of nitrogens with zero attached hydrogens (tertiary/aromatic N) is 1. The van der Waals surface area contributed by atoms with Crippen LogP contribution in [0, 0.1) is 5.92 Å². The Morgan fingerprint density at radius 3 is 2.73 bits per heavy atom. The van der Waals surface area contributed by atoms with E-state index in [1.807, 2.05) is 11.8 Å². The largest absolute Gasteiger partial charge is 0.341 e. The van der Waals surface area contributed by atoms with Crippen LogP contribution < -0.4 is 0 Å². The SMILES string of the molecule is CC1CCN(C(=O)C(C)Br)C1. The van der Waals surface area contributed by atoms with E-state index in [9.17, 15) is 4.79 Å². The number of halogens is 1. The molecule has 1 aliphatic rings. The van der Waals surface area contributed by atoms with Crippen LogP contribution in [0.4, 0.5) is 0 Å². The first-order valence-electron chi connectivity index (χ1n) is 4.04. The lowest BCUT2D eigenvalue weighted by Gasteiger charge is -2.16. The number of rotatable bonds is 1. The lowest BCUT2D eigenvalue weighted by Crippen LogP contribution is -2.33. The van der Waals surface area contributed by atoms with E-state index in [4.69, 9.17) is 0 Å². The molecular weight excluding hydrogens is 206 g/mol. The molecule has 0 radical (unpaired) electrons. The molecule has 0 aliphatic carbocycles. The molecule has 1 fully saturated rings. The molecule has 1 saturated heterocycles. The van der Waals surface area contributed by atoms with E-state index in [0.29, 0.717) is 5.92 Å². The average molecular weight is 220 g/mol. The van der Waals surface area contributed by atoms with Crippen molar-refractivity contribution in [3.63, 3.8) is 0 Å². The summed E-state index contributed by atoms with van der Waals surface area (Å²) in [6, 6.07) is 0. The molecule has 0 N–H and O–H groups in total. The predicted molar refractivity (Wildman–Crippen MR) is 48.8 cm³/mol. The van der Waals surface area contributed by atoms with E-state index < -0.39 is 0 Å². The van der Waals surface area contributed by atoms with Gasteiger partial charge in [0.2, 0.25) is 5.91 Å². The van der Waals surface area contributed by atoms with Gasteiger partial charge in [0, 0.05) is 13.1 Å². The highest BCUT2D eigenvalue weighted by molar-refractivity contribution is 9.10. The fraction of sp³-hybridized carbons (Fsp3) is 0.875. The minimum Gasteiger partial charge on any atom is -0.341 e. The number of hydrogen-bond donors (Lipinski definition) is 0. The van der Waals surface area contributed by atoms with Crippen molar-refractivity contribution in [3.05, 3.63) is 0 Å². The monoisotopic (exact) mass is 219 g/mol. The Hall–Kier alpha value is -0.0500. The molecule has 0 aromatic heterocycles. The maximum atomic E-state index is 11.4. The first-order valence-corrected chi connectivity index (χ1v) is 4.95. The zero-order valence-corrected chi connectivity index (χ0v) is 8.60. The average Bonchev–Trinajstić information content (AvgIpc) is 2.34. The fourth-order valence-corrected chi connectivity index (χ4v) is 1.68. The number of alkyl halides is 1. The molecule has 0 spiro atoms. The fourth-order valence-electron chi connectivity index (χ4n) is 1.39. The van der Waals surface area contributed by atoms with Gasteiger partial charge in [-0.25, -0.2) is 0 Å². The number of amides is 1. The van der Waals surface area contributed by atoms with Crippen molar-refractivity contribution in [1.82, 2.24) is 4.90 Å². The molecule has 11 heavy (non-hydrogen) atoms. The molecule has 1 rings (SSSR count). The number of likely N-dealkylation sites (tertiary alicyclic amines) is 1. The van der Waals surface area contributed by atoms with Gasteiger partial charge in [0.25, 0.3) is 0 Å². The molecule has 1 aliphatic heterocycles. The Balaban J connectivity index is 2.43. The summed E-state index contributed by atoms with van der Waals surface area (Å²) in [7, 11) is 0. The van der Waals surface area contributed by atoms with Crippen molar-refractivity contribution in [2.24, 2.45) is 5.92 Å². The lowest BCUT2D eigenvalue weighted by atomic mass is 10.2. The van der Waals surface area contributed by atoms with Crippen LogP contribution in [0.2, 0.25) is 0 Å². The molecule has 2 atom stereocenters. The van der Waals surface area contributed by atoms with Crippen molar-refractivity contribution in [1.29, 1.82) is 0 Å². The van der Waals surface area contributed by atoms with Crippen LogP contribution in [0.1, 0.15) is 20.3 Å². The Morgan fingerprint density at radius 2 is 2.36 bits per heavy atom. The van der Waals surface area contributed by atoms with Crippen LogP contribution in [-0.4, -0.2) is 28.7 Å². The van der Waals surface area contributed by atoms with Crippen LogP contribution in [0.3, 0.4) is 0 Å². The Kier molecular flexibility index (Phi) is 2.93. The van der Waals surface area contributed by atoms with Crippen molar-refractivity contribution < 1.29 is 4.79 Å². The first-order chi connectivity index (χ1) is 5.11. The molecule has 0 aromatic carbocycles. The summed E-state index contributed by atoms with van der Waals surface area (Å²) < 4.78 is 0. The molecule has 2 unspecified atom stereocenters. The number of hydrogen-bond acceptors (Lipinski definition) is 1. The third-order valence-corrected chi connectivity index (χ3v) is 2.47. The summed E-state index contributed by atoms with van der Waals surface area (Å²) in [5.41, 5.74) is 0. The highest BCUT2D eigenvalue weighted by atomic mass is 79.9. The van der Waals surface area contributed by atoms with Gasteiger partial charge in [0.1, 0.15) is 0 Å². The van der Waals surface area contributed by atoms with Gasteiger partial charge in [-0.2, -0.15) is 0 Å². The van der Waals surface area contributed by atoms with Crippen molar-refractivity contribution in [2.75, 3.05) is 13.1 Å². The molecule has 2 nitrogen and oxygen atoms in total. The third kappa shape index (κ3) is 2.19. The summed E-state index contributed by atoms with van der Waals surface area (Å²) in [4.78, 5) is 13.3. The smallest absolute Gasteiger partial charge is 0.236 e. The number of carbonyl (C=O) groups is 1. The highest BCUT2D eigenvalue weighted by Crippen LogP contribution is 2.17. The summed E-state index contributed by atoms with van der Waals surface area (Å²) in [5, 5.41) is 0. The second-order valence-electron chi connectivity index (χ2n) is 3.29. The van der Waals surface area contributed by atoms with E-state index in [1.165, 1.54) is 0 Å². The highest BCUT2D eigenvalue weighted by Gasteiger charge is 2.25. The van der Waals surface area contributed by atoms with Gasteiger partial charge in [-0.05, 0) is 19.3 Å². The van der Waals surface area contributed by atoms with Gasteiger partial charge < -0.3 is 4.90 Å². The Morgan fingerprint density at radius 1 is 1.73 bits per heavy atom. The second kappa shape index (κ2) is 3.57. The van der Waals surface area contributed by atoms with Gasteiger partial charge in [-0.3, -0.25) is 4.79 Å². The van der Waals surface area contributed by atoms with Crippen molar-refractivity contribution in [3.8, 4) is 0 Å². The molecule has 0 saturated carbocycles. The molecule has 3 heteroatoms. The molecule has 0 bridgehead atoms. The zero-order valence-electron chi connectivity index (χ0n) is 7.01. The second-order valence-corrected chi connectivity index (χ2v) is 4.67. The summed E-state index contributed by atoms with van der Waals surface area (Å²) in [6.07, 6.45) is 1.16. The quantitative estimate of drug-likeness (QED) is 0.615.